The van der Waals surface area contributed by atoms with E-state index in [9.17, 15) is 9.59 Å². The van der Waals surface area contributed by atoms with Crippen LogP contribution >= 0.6 is 0 Å². The zero-order valence-electron chi connectivity index (χ0n) is 7.64. The largest absolute Gasteiger partial charge is 0.467 e. The number of hydrogen-bond acceptors (Lipinski definition) is 4. The van der Waals surface area contributed by atoms with Gasteiger partial charge in [0.2, 0.25) is 6.08 Å². The Balaban J connectivity index is 3.00. The molecule has 0 aliphatic rings. The molecule has 0 spiro atoms. The van der Waals surface area contributed by atoms with E-state index in [0.717, 1.165) is 0 Å². The number of esters is 1. The lowest BCUT2D eigenvalue weighted by Gasteiger charge is -2.07. The molecule has 0 saturated carbocycles. The molecule has 0 radical (unpaired) electrons. The summed E-state index contributed by atoms with van der Waals surface area (Å²) in [5.41, 5.74) is 0.614. The maximum atomic E-state index is 11.2. The molecule has 0 amide bonds. The lowest BCUT2D eigenvalue weighted by Crippen LogP contribution is -2.11. The van der Waals surface area contributed by atoms with Gasteiger partial charge in [-0.05, 0) is 5.56 Å². The summed E-state index contributed by atoms with van der Waals surface area (Å²) < 4.78 is 4.51. The number of ether oxygens (including phenoxy) is 1. The average molecular weight is 191 g/mol. The highest BCUT2D eigenvalue weighted by Gasteiger charge is 2.19. The van der Waals surface area contributed by atoms with Crippen LogP contribution in [0.1, 0.15) is 11.6 Å². The molecule has 0 bridgehead atoms. The Hall–Kier alpha value is -1.93. The van der Waals surface area contributed by atoms with Gasteiger partial charge in [-0.15, -0.1) is 0 Å². The van der Waals surface area contributed by atoms with Crippen LogP contribution in [0.2, 0.25) is 0 Å². The third-order valence-corrected chi connectivity index (χ3v) is 1.72. The minimum absolute atomic E-state index is 0.570. The quantitative estimate of drug-likeness (QED) is 0.410. The predicted molar refractivity (Wildman–Crippen MR) is 49.3 cm³/mol. The molecule has 1 aromatic carbocycles. The monoisotopic (exact) mass is 191 g/mol. The highest BCUT2D eigenvalue weighted by molar-refractivity contribution is 5.78. The number of benzene rings is 1. The van der Waals surface area contributed by atoms with Crippen molar-refractivity contribution in [3.05, 3.63) is 35.9 Å². The summed E-state index contributed by atoms with van der Waals surface area (Å²) in [4.78, 5) is 24.7. The van der Waals surface area contributed by atoms with Gasteiger partial charge in [-0.2, -0.15) is 4.99 Å². The first-order valence-electron chi connectivity index (χ1n) is 3.99. The summed E-state index contributed by atoms with van der Waals surface area (Å²) in [6.07, 6.45) is 1.36. The van der Waals surface area contributed by atoms with Gasteiger partial charge in [0, 0.05) is 0 Å². The van der Waals surface area contributed by atoms with Crippen LogP contribution in [0, 0.1) is 0 Å². The van der Waals surface area contributed by atoms with Crippen LogP contribution < -0.4 is 0 Å². The van der Waals surface area contributed by atoms with Gasteiger partial charge in [-0.1, -0.05) is 30.3 Å². The Bertz CT molecular complexity index is 355. The molecule has 0 aromatic heterocycles. The molecule has 1 aromatic rings. The van der Waals surface area contributed by atoms with Crippen molar-refractivity contribution >= 4 is 12.0 Å². The number of aliphatic imine (C=N–C) groups is 1. The molecule has 1 rings (SSSR count). The Kier molecular flexibility index (Phi) is 3.58. The van der Waals surface area contributed by atoms with Crippen molar-refractivity contribution in [3.8, 4) is 0 Å². The number of hydrogen-bond donors (Lipinski definition) is 0. The van der Waals surface area contributed by atoms with E-state index in [1.165, 1.54) is 13.2 Å². The fraction of sp³-hybridized carbons (Fsp3) is 0.200. The van der Waals surface area contributed by atoms with Crippen molar-refractivity contribution in [2.75, 3.05) is 7.11 Å². The molecule has 0 heterocycles. The highest BCUT2D eigenvalue weighted by Crippen LogP contribution is 2.17. The van der Waals surface area contributed by atoms with E-state index < -0.39 is 12.0 Å². The summed E-state index contributed by atoms with van der Waals surface area (Å²) >= 11 is 0. The van der Waals surface area contributed by atoms with E-state index in [-0.39, 0.29) is 0 Å². The van der Waals surface area contributed by atoms with E-state index in [2.05, 4.69) is 9.73 Å². The van der Waals surface area contributed by atoms with Crippen molar-refractivity contribution in [1.29, 1.82) is 0 Å². The molecule has 4 heteroatoms. The van der Waals surface area contributed by atoms with Gasteiger partial charge in [0.1, 0.15) is 0 Å². The summed E-state index contributed by atoms with van der Waals surface area (Å²) in [5, 5.41) is 0. The predicted octanol–water partition coefficient (Wildman–Crippen LogP) is 1.24. The van der Waals surface area contributed by atoms with Gasteiger partial charge >= 0.3 is 5.97 Å². The summed E-state index contributed by atoms with van der Waals surface area (Å²) in [7, 11) is 1.25. The number of methoxy groups -OCH3 is 1. The topological polar surface area (TPSA) is 55.7 Å². The Morgan fingerprint density at radius 1 is 1.43 bits per heavy atom. The molecule has 0 aliphatic carbocycles. The van der Waals surface area contributed by atoms with Crippen LogP contribution in [-0.4, -0.2) is 19.2 Å². The smallest absolute Gasteiger partial charge is 0.336 e. The van der Waals surface area contributed by atoms with E-state index in [1.54, 1.807) is 24.3 Å². The number of carbonyl (C=O) groups is 1. The Labute approximate surface area is 81.2 Å². The van der Waals surface area contributed by atoms with Crippen LogP contribution in [0.5, 0.6) is 0 Å². The van der Waals surface area contributed by atoms with Crippen LogP contribution in [0.3, 0.4) is 0 Å². The first-order chi connectivity index (χ1) is 6.79. The minimum Gasteiger partial charge on any atom is -0.467 e. The minimum atomic E-state index is -0.904. The molecule has 4 nitrogen and oxygen atoms in total. The van der Waals surface area contributed by atoms with Crippen molar-refractivity contribution in [2.45, 2.75) is 6.04 Å². The molecule has 0 saturated heterocycles. The van der Waals surface area contributed by atoms with E-state index in [0.29, 0.717) is 5.56 Å². The molecule has 14 heavy (non-hydrogen) atoms. The highest BCUT2D eigenvalue weighted by atomic mass is 16.5. The molecule has 0 N–H and O–H groups in total. The zero-order valence-corrected chi connectivity index (χ0v) is 7.64. The molecule has 72 valence electrons. The number of nitrogens with zero attached hydrogens (tertiary/aromatic N) is 1. The lowest BCUT2D eigenvalue weighted by molar-refractivity contribution is -0.142. The van der Waals surface area contributed by atoms with Gasteiger partial charge in [-0.3, -0.25) is 0 Å². The van der Waals surface area contributed by atoms with Gasteiger partial charge in [-0.25, -0.2) is 9.59 Å². The van der Waals surface area contributed by atoms with E-state index in [1.807, 2.05) is 6.07 Å². The van der Waals surface area contributed by atoms with Gasteiger partial charge in [0.25, 0.3) is 0 Å². The van der Waals surface area contributed by atoms with E-state index in [4.69, 9.17) is 0 Å². The first kappa shape index (κ1) is 10.2. The van der Waals surface area contributed by atoms with Gasteiger partial charge < -0.3 is 4.74 Å². The summed E-state index contributed by atoms with van der Waals surface area (Å²) in [6.45, 7) is 0. The maximum absolute atomic E-state index is 11.2. The maximum Gasteiger partial charge on any atom is 0.336 e. The van der Waals surface area contributed by atoms with Gasteiger partial charge in [0.15, 0.2) is 6.04 Å². The average Bonchev–Trinajstić information content (AvgIpc) is 2.26. The third kappa shape index (κ3) is 2.28. The Morgan fingerprint density at radius 2 is 2.07 bits per heavy atom. The van der Waals surface area contributed by atoms with Gasteiger partial charge in [0.05, 0.1) is 7.11 Å². The van der Waals surface area contributed by atoms with E-state index >= 15 is 0 Å². The first-order valence-corrected chi connectivity index (χ1v) is 3.99. The number of carbonyl (C=O) groups excluding carboxylic acids is 2. The standard InChI is InChI=1S/C10H9NO3/c1-14-10(13)9(11-7-12)8-5-3-2-4-6-8/h2-6,9H,1H3/t9-/m0/s1. The second kappa shape index (κ2) is 4.94. The van der Waals surface area contributed by atoms with Crippen molar-refractivity contribution in [2.24, 2.45) is 4.99 Å². The number of isocyanates is 1. The molecule has 1 atom stereocenters. The number of rotatable bonds is 3. The molecular formula is C10H9NO3. The lowest BCUT2D eigenvalue weighted by atomic mass is 10.1. The molecular weight excluding hydrogens is 182 g/mol. The van der Waals surface area contributed by atoms with Crippen LogP contribution in [-0.2, 0) is 14.3 Å². The third-order valence-electron chi connectivity index (χ3n) is 1.72. The molecule has 0 unspecified atom stereocenters. The molecule has 0 fully saturated rings. The second-order valence-corrected chi connectivity index (χ2v) is 2.56. The Morgan fingerprint density at radius 3 is 2.57 bits per heavy atom. The fourth-order valence-corrected chi connectivity index (χ4v) is 1.06. The van der Waals surface area contributed by atoms with Crippen molar-refractivity contribution in [1.82, 2.24) is 0 Å². The van der Waals surface area contributed by atoms with Crippen molar-refractivity contribution in [3.63, 3.8) is 0 Å². The SMILES string of the molecule is COC(=O)[C@@H](N=C=O)c1ccccc1. The van der Waals surface area contributed by atoms with Crippen LogP contribution in [0.4, 0.5) is 0 Å². The summed E-state index contributed by atoms with van der Waals surface area (Å²) in [5.74, 6) is -0.570. The van der Waals surface area contributed by atoms with Crippen LogP contribution in [0.25, 0.3) is 0 Å². The van der Waals surface area contributed by atoms with Crippen LogP contribution in [0.15, 0.2) is 35.3 Å². The van der Waals surface area contributed by atoms with Crippen molar-refractivity contribution < 1.29 is 14.3 Å². The fourth-order valence-electron chi connectivity index (χ4n) is 1.06. The zero-order chi connectivity index (χ0) is 10.4. The normalized spacial score (nSPS) is 11.2. The summed E-state index contributed by atoms with van der Waals surface area (Å²) in [6, 6.07) is 7.81. The second-order valence-electron chi connectivity index (χ2n) is 2.56. The molecule has 0 aliphatic heterocycles.